The van der Waals surface area contributed by atoms with Crippen molar-refractivity contribution in [2.45, 2.75) is 44.4 Å². The fraction of sp³-hybridized carbons (Fsp3) is 0.364. The smallest absolute Gasteiger partial charge is 0.341 e. The van der Waals surface area contributed by atoms with E-state index >= 15 is 0 Å². The van der Waals surface area contributed by atoms with E-state index in [1.807, 2.05) is 17.4 Å². The summed E-state index contributed by atoms with van der Waals surface area (Å²) in [7, 11) is 1.62. The molecule has 0 radical (unpaired) electrons. The van der Waals surface area contributed by atoms with Gasteiger partial charge in [0, 0.05) is 21.5 Å². The molecule has 5 nitrogen and oxygen atoms in total. The van der Waals surface area contributed by atoms with Gasteiger partial charge in [-0.15, -0.1) is 11.3 Å². The van der Waals surface area contributed by atoms with Crippen LogP contribution in [0.1, 0.15) is 58.0 Å². The van der Waals surface area contributed by atoms with Crippen LogP contribution in [0.2, 0.25) is 0 Å². The number of benzene rings is 1. The van der Waals surface area contributed by atoms with Gasteiger partial charge in [-0.1, -0.05) is 0 Å². The molecule has 2 aliphatic carbocycles. The van der Waals surface area contributed by atoms with Crippen LogP contribution in [0.4, 0.5) is 0 Å². The number of pyridine rings is 1. The lowest BCUT2D eigenvalue weighted by Crippen LogP contribution is -2.16. The number of carbonyl (C=O) groups is 1. The van der Waals surface area contributed by atoms with Crippen molar-refractivity contribution in [3.63, 3.8) is 0 Å². The Morgan fingerprint density at radius 2 is 2.04 bits per heavy atom. The van der Waals surface area contributed by atoms with Crippen molar-refractivity contribution in [1.29, 1.82) is 0 Å². The lowest BCUT2D eigenvalue weighted by Gasteiger charge is -2.16. The van der Waals surface area contributed by atoms with E-state index in [1.54, 1.807) is 7.11 Å². The van der Waals surface area contributed by atoms with Crippen molar-refractivity contribution < 1.29 is 14.6 Å². The van der Waals surface area contributed by atoms with Crippen molar-refractivity contribution in [2.24, 2.45) is 0 Å². The van der Waals surface area contributed by atoms with E-state index in [4.69, 9.17) is 4.74 Å². The van der Waals surface area contributed by atoms with Crippen LogP contribution in [0.15, 0.2) is 23.1 Å². The molecule has 3 aromatic rings. The number of carboxylic acids is 1. The minimum absolute atomic E-state index is 0.240. The highest BCUT2D eigenvalue weighted by molar-refractivity contribution is 7.15. The van der Waals surface area contributed by atoms with E-state index in [0.29, 0.717) is 22.6 Å². The Labute approximate surface area is 166 Å². The first-order chi connectivity index (χ1) is 13.6. The zero-order valence-corrected chi connectivity index (χ0v) is 16.4. The summed E-state index contributed by atoms with van der Waals surface area (Å²) in [6.07, 6.45) is 8.18. The molecule has 0 spiro atoms. The van der Waals surface area contributed by atoms with Gasteiger partial charge >= 0.3 is 5.97 Å². The summed E-state index contributed by atoms with van der Waals surface area (Å²) in [5, 5.41) is 9.71. The highest BCUT2D eigenvalue weighted by Gasteiger charge is 2.31. The number of thiophene rings is 1. The maximum atomic E-state index is 12.8. The normalized spacial score (nSPS) is 16.2. The predicted molar refractivity (Wildman–Crippen MR) is 110 cm³/mol. The first-order valence-electron chi connectivity index (χ1n) is 9.70. The highest BCUT2D eigenvalue weighted by Crippen LogP contribution is 2.51. The molecule has 2 heterocycles. The average molecular weight is 395 g/mol. The van der Waals surface area contributed by atoms with Gasteiger partial charge in [0.25, 0.3) is 0 Å². The lowest BCUT2D eigenvalue weighted by molar-refractivity contribution is 0.0695. The molecule has 1 fully saturated rings. The van der Waals surface area contributed by atoms with Gasteiger partial charge < -0.3 is 14.8 Å². The molecule has 0 aliphatic heterocycles. The topological polar surface area (TPSA) is 79.4 Å². The average Bonchev–Trinajstić information content (AvgIpc) is 3.45. The molecule has 0 atom stereocenters. The lowest BCUT2D eigenvalue weighted by atomic mass is 9.94. The third-order valence-corrected chi connectivity index (χ3v) is 7.11. The Balaban J connectivity index is 1.82. The van der Waals surface area contributed by atoms with Gasteiger partial charge in [0.15, 0.2) is 5.75 Å². The SMILES string of the molecule is COc1c(-c2cc3c(s2)CCCC3)c(C2CC2)cc2c(=O)c(C(=O)O)c[nH]c12. The van der Waals surface area contributed by atoms with E-state index in [-0.39, 0.29) is 5.56 Å². The molecule has 5 rings (SSSR count). The van der Waals surface area contributed by atoms with Crippen LogP contribution >= 0.6 is 11.3 Å². The number of methoxy groups -OCH3 is 1. The summed E-state index contributed by atoms with van der Waals surface area (Å²) in [5.74, 6) is -0.169. The van der Waals surface area contributed by atoms with Gasteiger partial charge in [0.2, 0.25) is 5.43 Å². The predicted octanol–water partition coefficient (Wildman–Crippen LogP) is 4.72. The first-order valence-corrected chi connectivity index (χ1v) is 10.5. The highest BCUT2D eigenvalue weighted by atomic mass is 32.1. The zero-order chi connectivity index (χ0) is 19.4. The van der Waals surface area contributed by atoms with Gasteiger partial charge in [-0.25, -0.2) is 4.79 Å². The Morgan fingerprint density at radius 3 is 2.71 bits per heavy atom. The number of H-pyrrole nitrogens is 1. The number of hydrogen-bond donors (Lipinski definition) is 2. The molecule has 6 heteroatoms. The number of ether oxygens (including phenoxy) is 1. The molecule has 2 aromatic heterocycles. The van der Waals surface area contributed by atoms with Crippen LogP contribution in [-0.4, -0.2) is 23.2 Å². The number of carboxylic acid groups (broad SMARTS) is 1. The fourth-order valence-electron chi connectivity index (χ4n) is 4.30. The van der Waals surface area contributed by atoms with E-state index in [2.05, 4.69) is 11.1 Å². The number of aromatic carboxylic acids is 1. The second-order valence-corrected chi connectivity index (χ2v) is 8.81. The Kier molecular flexibility index (Phi) is 4.05. The van der Waals surface area contributed by atoms with Crippen molar-refractivity contribution in [2.75, 3.05) is 7.11 Å². The first kappa shape index (κ1) is 17.5. The standard InChI is InChI=1S/C22H21NO4S/c1-27-21-18(17-8-12-4-2-3-5-16(12)28-17)13(11-6-7-11)9-14-19(21)23-10-15(20(14)24)22(25)26/h8-11H,2-7H2,1H3,(H,23,24)(H,25,26). The summed E-state index contributed by atoms with van der Waals surface area (Å²) in [5.41, 5.74) is 3.48. The van der Waals surface area contributed by atoms with Crippen LogP contribution in [0.5, 0.6) is 5.75 Å². The van der Waals surface area contributed by atoms with Gasteiger partial charge in [-0.05, 0) is 67.7 Å². The molecule has 1 saturated carbocycles. The molecule has 144 valence electrons. The molecule has 0 bridgehead atoms. The summed E-state index contributed by atoms with van der Waals surface area (Å²) < 4.78 is 5.81. The maximum Gasteiger partial charge on any atom is 0.341 e. The number of fused-ring (bicyclic) bond motifs is 2. The van der Waals surface area contributed by atoms with Crippen molar-refractivity contribution in [3.8, 4) is 16.2 Å². The van der Waals surface area contributed by atoms with Gasteiger partial charge in [0.1, 0.15) is 5.56 Å². The number of rotatable bonds is 4. The second-order valence-electron chi connectivity index (χ2n) is 7.67. The Bertz CT molecular complexity index is 1150. The van der Waals surface area contributed by atoms with Gasteiger partial charge in [-0.3, -0.25) is 4.79 Å². The maximum absolute atomic E-state index is 12.8. The molecule has 0 amide bonds. The number of aromatic nitrogens is 1. The van der Waals surface area contributed by atoms with Crippen LogP contribution in [0.25, 0.3) is 21.3 Å². The number of aromatic amines is 1. The minimum atomic E-state index is -1.22. The van der Waals surface area contributed by atoms with Crippen LogP contribution < -0.4 is 10.2 Å². The second kappa shape index (κ2) is 6.48. The molecular weight excluding hydrogens is 374 g/mol. The molecule has 28 heavy (non-hydrogen) atoms. The quantitative estimate of drug-likeness (QED) is 0.670. The van der Waals surface area contributed by atoms with Crippen molar-refractivity contribution in [1.82, 2.24) is 4.98 Å². The summed E-state index contributed by atoms with van der Waals surface area (Å²) in [4.78, 5) is 29.9. The molecular formula is C22H21NO4S. The monoisotopic (exact) mass is 395 g/mol. The summed E-state index contributed by atoms with van der Waals surface area (Å²) >= 11 is 1.83. The van der Waals surface area contributed by atoms with E-state index in [9.17, 15) is 14.7 Å². The summed E-state index contributed by atoms with van der Waals surface area (Å²) in [6, 6.07) is 4.19. The van der Waals surface area contributed by atoms with Crippen LogP contribution in [0, 0.1) is 0 Å². The Morgan fingerprint density at radius 1 is 1.25 bits per heavy atom. The number of nitrogens with one attached hydrogen (secondary N) is 1. The van der Waals surface area contributed by atoms with E-state index < -0.39 is 11.4 Å². The van der Waals surface area contributed by atoms with Crippen molar-refractivity contribution >= 4 is 28.2 Å². The molecule has 1 aromatic carbocycles. The number of hydrogen-bond acceptors (Lipinski definition) is 4. The fourth-order valence-corrected chi connectivity index (χ4v) is 5.62. The van der Waals surface area contributed by atoms with E-state index in [0.717, 1.165) is 36.8 Å². The molecule has 0 unspecified atom stereocenters. The minimum Gasteiger partial charge on any atom is -0.494 e. The molecule has 0 saturated heterocycles. The zero-order valence-electron chi connectivity index (χ0n) is 15.6. The largest absolute Gasteiger partial charge is 0.494 e. The Hall–Kier alpha value is -2.60. The van der Waals surface area contributed by atoms with E-state index in [1.165, 1.54) is 34.4 Å². The summed E-state index contributed by atoms with van der Waals surface area (Å²) in [6.45, 7) is 0. The van der Waals surface area contributed by atoms with Crippen LogP contribution in [-0.2, 0) is 12.8 Å². The van der Waals surface area contributed by atoms with Crippen LogP contribution in [0.3, 0.4) is 0 Å². The third-order valence-electron chi connectivity index (χ3n) is 5.86. The molecule has 2 aliphatic rings. The third kappa shape index (κ3) is 2.66. The number of aryl methyl sites for hydroxylation is 2. The van der Waals surface area contributed by atoms with Gasteiger partial charge in [0.05, 0.1) is 18.0 Å². The van der Waals surface area contributed by atoms with Crippen molar-refractivity contribution in [3.05, 3.63) is 50.1 Å². The molecule has 2 N–H and O–H groups in total. The van der Waals surface area contributed by atoms with Gasteiger partial charge in [-0.2, -0.15) is 0 Å².